The zero-order chi connectivity index (χ0) is 61.3. The molecule has 2 atom stereocenters. The van der Waals surface area contributed by atoms with E-state index in [-0.39, 0.29) is 18.5 Å². The number of amides is 1. The maximum atomic E-state index is 12.6. The molecule has 6 nitrogen and oxygen atoms in total. The van der Waals surface area contributed by atoms with Gasteiger partial charge in [-0.05, 0) is 44.9 Å². The molecule has 85 heavy (non-hydrogen) atoms. The van der Waals surface area contributed by atoms with Crippen LogP contribution in [0.25, 0.3) is 0 Å². The van der Waals surface area contributed by atoms with E-state index in [0.29, 0.717) is 25.9 Å². The Morgan fingerprint density at radius 1 is 0.318 bits per heavy atom. The molecule has 1 amide bonds. The molecule has 0 radical (unpaired) electrons. The summed E-state index contributed by atoms with van der Waals surface area (Å²) in [5.41, 5.74) is 0. The van der Waals surface area contributed by atoms with Crippen molar-refractivity contribution < 1.29 is 24.5 Å². The van der Waals surface area contributed by atoms with Crippen LogP contribution in [-0.4, -0.2) is 47.4 Å². The van der Waals surface area contributed by atoms with E-state index in [1.54, 1.807) is 0 Å². The summed E-state index contributed by atoms with van der Waals surface area (Å²) >= 11 is 0. The van der Waals surface area contributed by atoms with Crippen molar-refractivity contribution >= 4 is 11.9 Å². The molecule has 0 saturated carbocycles. The van der Waals surface area contributed by atoms with E-state index < -0.39 is 12.1 Å². The van der Waals surface area contributed by atoms with E-state index in [9.17, 15) is 19.8 Å². The Kier molecular flexibility index (Phi) is 73.8. The molecule has 506 valence electrons. The number of nitrogens with one attached hydrogen (secondary N) is 1. The van der Waals surface area contributed by atoms with Crippen LogP contribution in [0.4, 0.5) is 0 Å². The van der Waals surface area contributed by atoms with Crippen LogP contribution in [0.15, 0.2) is 12.2 Å². The second-order valence-corrected chi connectivity index (χ2v) is 27.4. The van der Waals surface area contributed by atoms with Gasteiger partial charge in [0, 0.05) is 12.8 Å². The number of esters is 1. The molecule has 0 aromatic rings. The molecule has 3 N–H and O–H groups in total. The standard InChI is InChI=1S/C79H155NO5/c1-3-5-7-9-11-13-15-16-17-18-19-20-21-33-36-39-42-45-48-52-55-59-63-67-71-77(82)76(75-81)80-78(83)72-68-64-60-56-53-49-46-43-40-37-34-31-29-27-25-23-22-24-26-28-30-32-35-38-41-44-47-50-54-58-62-66-70-74-85-79(84)73-69-65-61-57-51-14-12-10-8-6-4-2/h10,12,76-77,81-82H,3-9,11,13-75H2,1-2H3,(H,80,83)/b12-10-. The summed E-state index contributed by atoms with van der Waals surface area (Å²) in [6, 6.07) is -0.538. The van der Waals surface area contributed by atoms with Crippen molar-refractivity contribution in [2.24, 2.45) is 0 Å². The van der Waals surface area contributed by atoms with Gasteiger partial charge in [0.05, 0.1) is 25.4 Å². The second kappa shape index (κ2) is 75.1. The normalized spacial score (nSPS) is 12.5. The van der Waals surface area contributed by atoms with Crippen LogP contribution in [0.2, 0.25) is 0 Å². The SMILES string of the molecule is CCCC/C=C\CCCCCCCC(=O)OCCCCCCCCCCCCCCCCCCCCCCCCCCCCCCCCCCCC(=O)NC(CO)C(O)CCCCCCCCCCCCCCCCCCCCCCCCCC. The Labute approximate surface area is 533 Å². The third-order valence-corrected chi connectivity index (χ3v) is 18.8. The van der Waals surface area contributed by atoms with Gasteiger partial charge in [-0.25, -0.2) is 0 Å². The summed E-state index contributed by atoms with van der Waals surface area (Å²) in [6.07, 6.45) is 94.5. The number of hydrogen-bond acceptors (Lipinski definition) is 5. The molecule has 2 unspecified atom stereocenters. The predicted octanol–water partition coefficient (Wildman–Crippen LogP) is 25.9. The molecule has 0 rings (SSSR count). The maximum absolute atomic E-state index is 12.6. The number of aliphatic hydroxyl groups is 2. The summed E-state index contributed by atoms with van der Waals surface area (Å²) < 4.78 is 5.47. The Morgan fingerprint density at radius 3 is 0.871 bits per heavy atom. The van der Waals surface area contributed by atoms with Crippen LogP contribution in [-0.2, 0) is 14.3 Å². The molecule has 0 fully saturated rings. The molecule has 0 aliphatic heterocycles. The van der Waals surface area contributed by atoms with Crippen LogP contribution >= 0.6 is 0 Å². The molecule has 0 heterocycles. The van der Waals surface area contributed by atoms with Gasteiger partial charge in [-0.1, -0.05) is 411 Å². The van der Waals surface area contributed by atoms with Gasteiger partial charge < -0.3 is 20.3 Å². The van der Waals surface area contributed by atoms with Crippen molar-refractivity contribution in [3.05, 3.63) is 12.2 Å². The summed E-state index contributed by atoms with van der Waals surface area (Å²) in [7, 11) is 0. The lowest BCUT2D eigenvalue weighted by Crippen LogP contribution is -2.45. The fourth-order valence-electron chi connectivity index (χ4n) is 12.8. The molecular formula is C79H155NO5. The lowest BCUT2D eigenvalue weighted by Gasteiger charge is -2.22. The molecule has 0 aliphatic carbocycles. The largest absolute Gasteiger partial charge is 0.466 e. The highest BCUT2D eigenvalue weighted by Gasteiger charge is 2.20. The van der Waals surface area contributed by atoms with Gasteiger partial charge >= 0.3 is 5.97 Å². The number of carbonyl (C=O) groups is 2. The molecule has 6 heteroatoms. The van der Waals surface area contributed by atoms with E-state index >= 15 is 0 Å². The van der Waals surface area contributed by atoms with Crippen LogP contribution in [0.1, 0.15) is 457 Å². The molecule has 0 spiro atoms. The zero-order valence-corrected chi connectivity index (χ0v) is 58.1. The Morgan fingerprint density at radius 2 is 0.565 bits per heavy atom. The van der Waals surface area contributed by atoms with E-state index in [2.05, 4.69) is 31.3 Å². The van der Waals surface area contributed by atoms with E-state index in [0.717, 1.165) is 44.9 Å². The molecule has 0 saturated heterocycles. The fraction of sp³-hybridized carbons (Fsp3) is 0.949. The van der Waals surface area contributed by atoms with Crippen molar-refractivity contribution in [1.29, 1.82) is 0 Å². The maximum Gasteiger partial charge on any atom is 0.305 e. The third kappa shape index (κ3) is 71.6. The van der Waals surface area contributed by atoms with Crippen molar-refractivity contribution in [2.75, 3.05) is 13.2 Å². The zero-order valence-electron chi connectivity index (χ0n) is 58.1. The minimum atomic E-state index is -0.662. The monoisotopic (exact) mass is 1200 g/mol. The highest BCUT2D eigenvalue weighted by molar-refractivity contribution is 5.76. The minimum Gasteiger partial charge on any atom is -0.466 e. The van der Waals surface area contributed by atoms with Gasteiger partial charge in [-0.15, -0.1) is 0 Å². The van der Waals surface area contributed by atoms with E-state index in [1.807, 2.05) is 0 Å². The molecule has 0 aliphatic rings. The lowest BCUT2D eigenvalue weighted by molar-refractivity contribution is -0.143. The Hall–Kier alpha value is -1.40. The second-order valence-electron chi connectivity index (χ2n) is 27.4. The highest BCUT2D eigenvalue weighted by atomic mass is 16.5. The Bertz CT molecular complexity index is 1290. The van der Waals surface area contributed by atoms with Gasteiger partial charge in [-0.2, -0.15) is 0 Å². The number of aliphatic hydroxyl groups excluding tert-OH is 2. The quantitative estimate of drug-likeness (QED) is 0.0320. The first kappa shape index (κ1) is 83.6. The molecular weight excluding hydrogens is 1040 g/mol. The summed E-state index contributed by atoms with van der Waals surface area (Å²) in [6.45, 7) is 4.97. The minimum absolute atomic E-state index is 0.0116. The third-order valence-electron chi connectivity index (χ3n) is 18.8. The molecule has 0 aromatic heterocycles. The van der Waals surface area contributed by atoms with Crippen LogP contribution in [0.3, 0.4) is 0 Å². The van der Waals surface area contributed by atoms with Crippen molar-refractivity contribution in [3.8, 4) is 0 Å². The lowest BCUT2D eigenvalue weighted by atomic mass is 10.0. The number of unbranched alkanes of at least 4 members (excludes halogenated alkanes) is 62. The number of allylic oxidation sites excluding steroid dienone is 2. The first-order valence-electron chi connectivity index (χ1n) is 39.4. The van der Waals surface area contributed by atoms with Crippen LogP contribution in [0, 0.1) is 0 Å². The van der Waals surface area contributed by atoms with Gasteiger partial charge in [0.15, 0.2) is 0 Å². The van der Waals surface area contributed by atoms with Gasteiger partial charge in [-0.3, -0.25) is 9.59 Å². The van der Waals surface area contributed by atoms with Gasteiger partial charge in [0.25, 0.3) is 0 Å². The average Bonchev–Trinajstić information content (AvgIpc) is 3.55. The number of carbonyl (C=O) groups excluding carboxylic acids is 2. The van der Waals surface area contributed by atoms with E-state index in [4.69, 9.17) is 4.74 Å². The molecule has 0 bridgehead atoms. The fourth-order valence-corrected chi connectivity index (χ4v) is 12.8. The van der Waals surface area contributed by atoms with Crippen molar-refractivity contribution in [1.82, 2.24) is 5.32 Å². The van der Waals surface area contributed by atoms with Crippen LogP contribution in [0.5, 0.6) is 0 Å². The average molecular weight is 1200 g/mol. The van der Waals surface area contributed by atoms with Crippen molar-refractivity contribution in [2.45, 2.75) is 469 Å². The summed E-state index contributed by atoms with van der Waals surface area (Å²) in [5.74, 6) is -0.0124. The smallest absolute Gasteiger partial charge is 0.305 e. The summed E-state index contributed by atoms with van der Waals surface area (Å²) in [5, 5.41) is 23.5. The van der Waals surface area contributed by atoms with Crippen molar-refractivity contribution in [3.63, 3.8) is 0 Å². The predicted molar refractivity (Wildman–Crippen MR) is 375 cm³/mol. The first-order chi connectivity index (χ1) is 42.0. The number of hydrogen-bond donors (Lipinski definition) is 3. The highest BCUT2D eigenvalue weighted by Crippen LogP contribution is 2.20. The Balaban J connectivity index is 3.33. The van der Waals surface area contributed by atoms with Gasteiger partial charge in [0.1, 0.15) is 0 Å². The number of ether oxygens (including phenoxy) is 1. The number of rotatable bonds is 75. The topological polar surface area (TPSA) is 95.9 Å². The van der Waals surface area contributed by atoms with Gasteiger partial charge in [0.2, 0.25) is 5.91 Å². The molecule has 0 aromatic carbocycles. The van der Waals surface area contributed by atoms with E-state index in [1.165, 1.54) is 379 Å². The first-order valence-corrected chi connectivity index (χ1v) is 39.4. The van der Waals surface area contributed by atoms with Crippen LogP contribution < -0.4 is 5.32 Å². The summed E-state index contributed by atoms with van der Waals surface area (Å²) in [4.78, 5) is 24.6.